The summed E-state index contributed by atoms with van der Waals surface area (Å²) >= 11 is 11.1. The van der Waals surface area contributed by atoms with Crippen LogP contribution in [0.5, 0.6) is 0 Å². The molecule has 0 unspecified atom stereocenters. The number of nitrogens with zero attached hydrogens (tertiary/aromatic N) is 2. The lowest BCUT2D eigenvalue weighted by atomic mass is 10.5. The van der Waals surface area contributed by atoms with E-state index in [1.54, 1.807) is 0 Å². The molecule has 11 heteroatoms. The van der Waals surface area contributed by atoms with Crippen molar-refractivity contribution in [2.75, 3.05) is 26.3 Å². The summed E-state index contributed by atoms with van der Waals surface area (Å²) in [6.45, 7) is 1.00. The second-order valence-electron chi connectivity index (χ2n) is 3.64. The average molecular weight is 329 g/mol. The van der Waals surface area contributed by atoms with Crippen LogP contribution in [0.4, 0.5) is 4.79 Å². The van der Waals surface area contributed by atoms with Crippen LogP contribution in [0.3, 0.4) is 0 Å². The van der Waals surface area contributed by atoms with E-state index in [4.69, 9.17) is 27.9 Å². The van der Waals surface area contributed by atoms with Gasteiger partial charge in [0.25, 0.3) is 0 Å². The number of ether oxygens (including phenoxy) is 1. The number of amidine groups is 1. The second-order valence-corrected chi connectivity index (χ2v) is 6.19. The van der Waals surface area contributed by atoms with Gasteiger partial charge in [0, 0.05) is 13.1 Å². The van der Waals surface area contributed by atoms with Gasteiger partial charge < -0.3 is 10.1 Å². The maximum atomic E-state index is 12.0. The van der Waals surface area contributed by atoms with E-state index >= 15 is 0 Å². The lowest BCUT2D eigenvalue weighted by Crippen LogP contribution is -2.40. The standard InChI is InChI=1S/C8H10Cl2N4O4S/c9-6(10)5-7(12-8(15)11-5)13-19(16,17)14-1-3-18-4-2-14/h1-4H2,(H2,11,12,13,15). The largest absolute Gasteiger partial charge is 0.379 e. The minimum atomic E-state index is -3.92. The Balaban J connectivity index is 2.29. The Morgan fingerprint density at radius 1 is 1.26 bits per heavy atom. The van der Waals surface area contributed by atoms with Crippen molar-refractivity contribution in [3.05, 3.63) is 10.2 Å². The summed E-state index contributed by atoms with van der Waals surface area (Å²) < 4.78 is 33.5. The fourth-order valence-corrected chi connectivity index (χ4v) is 2.90. The van der Waals surface area contributed by atoms with Crippen LogP contribution in [0, 0.1) is 0 Å². The molecule has 19 heavy (non-hydrogen) atoms. The Hall–Kier alpha value is -0.870. The van der Waals surface area contributed by atoms with Crippen molar-refractivity contribution in [3.63, 3.8) is 0 Å². The van der Waals surface area contributed by atoms with Crippen LogP contribution in [0.25, 0.3) is 0 Å². The number of nitrogens with one attached hydrogen (secondary N) is 2. The van der Waals surface area contributed by atoms with Gasteiger partial charge in [-0.25, -0.2) is 4.79 Å². The van der Waals surface area contributed by atoms with Crippen molar-refractivity contribution in [2.45, 2.75) is 0 Å². The summed E-state index contributed by atoms with van der Waals surface area (Å²) in [6, 6.07) is -0.648. The van der Waals surface area contributed by atoms with Crippen molar-refractivity contribution in [1.29, 1.82) is 0 Å². The average Bonchev–Trinajstić information content (AvgIpc) is 2.71. The summed E-state index contributed by atoms with van der Waals surface area (Å²) in [5.74, 6) is -0.225. The van der Waals surface area contributed by atoms with E-state index < -0.39 is 16.2 Å². The highest BCUT2D eigenvalue weighted by Gasteiger charge is 2.30. The van der Waals surface area contributed by atoms with Crippen LogP contribution < -0.4 is 10.6 Å². The van der Waals surface area contributed by atoms with Gasteiger partial charge in [-0.2, -0.15) is 12.7 Å². The van der Waals surface area contributed by atoms with Crippen LogP contribution in [0.1, 0.15) is 0 Å². The van der Waals surface area contributed by atoms with Crippen molar-refractivity contribution < 1.29 is 17.9 Å². The maximum Gasteiger partial charge on any atom is 0.325 e. The number of amides is 2. The third-order valence-corrected chi connectivity index (χ3v) is 4.21. The molecule has 0 bridgehead atoms. The Bertz CT molecular complexity index is 549. The highest BCUT2D eigenvalue weighted by atomic mass is 35.5. The molecule has 8 nitrogen and oxygen atoms in total. The van der Waals surface area contributed by atoms with Gasteiger partial charge in [-0.15, -0.1) is 4.40 Å². The quantitative estimate of drug-likeness (QED) is 0.740. The van der Waals surface area contributed by atoms with E-state index in [0.717, 1.165) is 4.31 Å². The lowest BCUT2D eigenvalue weighted by Gasteiger charge is -2.23. The summed E-state index contributed by atoms with van der Waals surface area (Å²) in [4.78, 5) is 11.1. The molecule has 2 aliphatic heterocycles. The Kier molecular flexibility index (Phi) is 4.31. The minimum absolute atomic E-state index is 0.0647. The summed E-state index contributed by atoms with van der Waals surface area (Å²) in [7, 11) is -3.92. The Morgan fingerprint density at radius 2 is 1.89 bits per heavy atom. The predicted molar refractivity (Wildman–Crippen MR) is 69.1 cm³/mol. The van der Waals surface area contributed by atoms with Gasteiger partial charge in [0.05, 0.1) is 13.2 Å². The smallest absolute Gasteiger partial charge is 0.325 e. The molecule has 0 aromatic heterocycles. The number of carbonyl (C=O) groups is 1. The molecule has 2 rings (SSSR count). The van der Waals surface area contributed by atoms with Crippen LogP contribution in [0.2, 0.25) is 0 Å². The Labute approximate surface area is 119 Å². The normalized spacial score (nSPS) is 23.4. The summed E-state index contributed by atoms with van der Waals surface area (Å²) in [5, 5.41) is 4.47. The Morgan fingerprint density at radius 3 is 2.47 bits per heavy atom. The van der Waals surface area contributed by atoms with E-state index in [0.29, 0.717) is 13.2 Å². The third-order valence-electron chi connectivity index (χ3n) is 2.40. The van der Waals surface area contributed by atoms with Crippen molar-refractivity contribution in [2.24, 2.45) is 4.40 Å². The SMILES string of the molecule is O=C1NC(=NS(=O)(=O)N2CCOCC2)C(=C(Cl)Cl)N1. The zero-order chi connectivity index (χ0) is 14.0. The molecule has 0 aromatic carbocycles. The zero-order valence-electron chi connectivity index (χ0n) is 9.52. The third kappa shape index (κ3) is 3.37. The molecule has 2 saturated heterocycles. The number of urea groups is 1. The molecule has 0 aromatic rings. The molecule has 2 amide bonds. The topological polar surface area (TPSA) is 100 Å². The number of rotatable bonds is 2. The summed E-state index contributed by atoms with van der Waals surface area (Å²) in [6.07, 6.45) is 0. The molecular formula is C8H10Cl2N4O4S. The number of morpholine rings is 1. The number of hydrogen-bond acceptors (Lipinski definition) is 4. The van der Waals surface area contributed by atoms with Crippen molar-refractivity contribution in [1.82, 2.24) is 14.9 Å². The monoisotopic (exact) mass is 328 g/mol. The molecule has 0 radical (unpaired) electrons. The maximum absolute atomic E-state index is 12.0. The highest BCUT2D eigenvalue weighted by Crippen LogP contribution is 2.17. The van der Waals surface area contributed by atoms with Crippen LogP contribution in [0.15, 0.2) is 14.6 Å². The van der Waals surface area contributed by atoms with E-state index in [1.165, 1.54) is 0 Å². The first-order chi connectivity index (χ1) is 8.90. The van der Waals surface area contributed by atoms with E-state index in [2.05, 4.69) is 15.0 Å². The van der Waals surface area contributed by atoms with Gasteiger partial charge in [-0.05, 0) is 0 Å². The number of hydrogen-bond donors (Lipinski definition) is 2. The van der Waals surface area contributed by atoms with E-state index in [1.807, 2.05) is 0 Å². The van der Waals surface area contributed by atoms with Gasteiger partial charge in [0.15, 0.2) is 5.84 Å². The zero-order valence-corrected chi connectivity index (χ0v) is 11.8. The summed E-state index contributed by atoms with van der Waals surface area (Å²) in [5.41, 5.74) is -0.0647. The molecule has 0 spiro atoms. The molecular weight excluding hydrogens is 319 g/mol. The number of carbonyl (C=O) groups excluding carboxylic acids is 1. The molecule has 0 atom stereocenters. The van der Waals surface area contributed by atoms with Gasteiger partial charge in [-0.3, -0.25) is 5.32 Å². The van der Waals surface area contributed by atoms with Crippen LogP contribution in [-0.4, -0.2) is 50.9 Å². The second kappa shape index (κ2) is 5.63. The first-order valence-corrected chi connectivity index (χ1v) is 7.37. The molecule has 0 saturated carbocycles. The van der Waals surface area contributed by atoms with E-state index in [-0.39, 0.29) is 29.1 Å². The van der Waals surface area contributed by atoms with E-state index in [9.17, 15) is 13.2 Å². The van der Waals surface area contributed by atoms with Gasteiger partial charge in [0.2, 0.25) is 0 Å². The molecule has 106 valence electrons. The van der Waals surface area contributed by atoms with Crippen LogP contribution in [-0.2, 0) is 14.9 Å². The fraction of sp³-hybridized carbons (Fsp3) is 0.500. The predicted octanol–water partition coefficient (Wildman–Crippen LogP) is -0.0786. The van der Waals surface area contributed by atoms with Gasteiger partial charge >= 0.3 is 16.2 Å². The first-order valence-electron chi connectivity index (χ1n) is 5.21. The van der Waals surface area contributed by atoms with Crippen molar-refractivity contribution in [3.8, 4) is 0 Å². The lowest BCUT2D eigenvalue weighted by molar-refractivity contribution is 0.0731. The van der Waals surface area contributed by atoms with Gasteiger partial charge in [-0.1, -0.05) is 23.2 Å². The highest BCUT2D eigenvalue weighted by molar-refractivity contribution is 7.88. The fourth-order valence-electron chi connectivity index (χ4n) is 1.53. The molecule has 2 N–H and O–H groups in total. The molecule has 0 aliphatic carbocycles. The number of halogens is 2. The molecule has 2 fully saturated rings. The molecule has 2 aliphatic rings. The van der Waals surface area contributed by atoms with Gasteiger partial charge in [0.1, 0.15) is 10.2 Å². The van der Waals surface area contributed by atoms with Crippen molar-refractivity contribution >= 4 is 45.3 Å². The minimum Gasteiger partial charge on any atom is -0.379 e. The first kappa shape index (κ1) is 14.5. The molecule has 2 heterocycles. The van der Waals surface area contributed by atoms with Crippen LogP contribution >= 0.6 is 23.2 Å².